The van der Waals surface area contributed by atoms with E-state index < -0.39 is 22.7 Å². The Morgan fingerprint density at radius 2 is 2.13 bits per heavy atom. The first-order valence-corrected chi connectivity index (χ1v) is 3.91. The average molecular weight is 235 g/mol. The van der Waals surface area contributed by atoms with Crippen LogP contribution in [0.2, 0.25) is 0 Å². The lowest BCUT2D eigenvalue weighted by Crippen LogP contribution is -2.10. The van der Waals surface area contributed by atoms with Crippen molar-refractivity contribution in [3.05, 3.63) is 29.1 Å². The summed E-state index contributed by atoms with van der Waals surface area (Å²) >= 11 is 5.04. The Labute approximate surface area is 87.1 Å². The molecule has 7 heteroatoms. The van der Waals surface area contributed by atoms with Crippen LogP contribution in [0.3, 0.4) is 0 Å². The van der Waals surface area contributed by atoms with E-state index in [0.29, 0.717) is 12.3 Å². The third kappa shape index (κ3) is 2.44. The third-order valence-electron chi connectivity index (χ3n) is 1.53. The lowest BCUT2D eigenvalue weighted by atomic mass is 10.1. The second kappa shape index (κ2) is 3.87. The number of hydrogen-bond acceptors (Lipinski definition) is 3. The predicted octanol–water partition coefficient (Wildman–Crippen LogP) is 2.35. The van der Waals surface area contributed by atoms with Crippen molar-refractivity contribution in [2.45, 2.75) is 6.18 Å². The van der Waals surface area contributed by atoms with Crippen molar-refractivity contribution in [2.24, 2.45) is 0 Å². The minimum absolute atomic E-state index is 0.341. The summed E-state index contributed by atoms with van der Waals surface area (Å²) in [4.78, 5) is 13.7. The SMILES string of the molecule is N#Cc1cc(C(F)(F)F)ncc1C(=O)Cl. The molecule has 15 heavy (non-hydrogen) atoms. The molecule has 0 N–H and O–H groups in total. The van der Waals surface area contributed by atoms with Crippen molar-refractivity contribution in [3.63, 3.8) is 0 Å². The standard InChI is InChI=1S/C8H2ClF3N2O/c9-7(15)5-3-14-6(8(10,11)12)1-4(5)2-13/h1,3H. The highest BCUT2D eigenvalue weighted by atomic mass is 35.5. The lowest BCUT2D eigenvalue weighted by Gasteiger charge is -2.06. The van der Waals surface area contributed by atoms with Crippen molar-refractivity contribution in [2.75, 3.05) is 0 Å². The first-order valence-electron chi connectivity index (χ1n) is 3.53. The van der Waals surface area contributed by atoms with Gasteiger partial charge in [0.05, 0.1) is 11.1 Å². The molecule has 0 aliphatic carbocycles. The Balaban J connectivity index is 3.34. The largest absolute Gasteiger partial charge is 0.433 e. The zero-order valence-corrected chi connectivity index (χ0v) is 7.73. The van der Waals surface area contributed by atoms with Crippen LogP contribution in [0, 0.1) is 11.3 Å². The second-order valence-electron chi connectivity index (χ2n) is 2.50. The van der Waals surface area contributed by atoms with Gasteiger partial charge in [0.25, 0.3) is 5.24 Å². The fourth-order valence-corrected chi connectivity index (χ4v) is 1.01. The molecule has 0 radical (unpaired) electrons. The van der Waals surface area contributed by atoms with Crippen LogP contribution in [0.1, 0.15) is 21.6 Å². The monoisotopic (exact) mass is 234 g/mol. The van der Waals surface area contributed by atoms with E-state index in [1.165, 1.54) is 6.07 Å². The average Bonchev–Trinajstić information content (AvgIpc) is 2.15. The van der Waals surface area contributed by atoms with E-state index in [1.54, 1.807) is 0 Å². The van der Waals surface area contributed by atoms with Crippen LogP contribution >= 0.6 is 11.6 Å². The molecule has 1 aromatic rings. The quantitative estimate of drug-likeness (QED) is 0.701. The Morgan fingerprint density at radius 1 is 1.53 bits per heavy atom. The van der Waals surface area contributed by atoms with Gasteiger partial charge in [-0.3, -0.25) is 9.78 Å². The summed E-state index contributed by atoms with van der Waals surface area (Å²) < 4.78 is 36.4. The Kier molecular flexibility index (Phi) is 2.95. The van der Waals surface area contributed by atoms with E-state index in [-0.39, 0.29) is 5.56 Å². The maximum atomic E-state index is 12.1. The smallest absolute Gasteiger partial charge is 0.275 e. The van der Waals surface area contributed by atoms with Gasteiger partial charge in [0.1, 0.15) is 11.8 Å². The van der Waals surface area contributed by atoms with Gasteiger partial charge in [0.15, 0.2) is 0 Å². The number of hydrogen-bond donors (Lipinski definition) is 0. The first kappa shape index (κ1) is 11.5. The minimum Gasteiger partial charge on any atom is -0.275 e. The Morgan fingerprint density at radius 3 is 2.53 bits per heavy atom. The summed E-state index contributed by atoms with van der Waals surface area (Å²) in [7, 11) is 0. The summed E-state index contributed by atoms with van der Waals surface area (Å²) in [6.45, 7) is 0. The molecule has 1 rings (SSSR count). The van der Waals surface area contributed by atoms with Gasteiger partial charge in [-0.25, -0.2) is 0 Å². The number of alkyl halides is 3. The summed E-state index contributed by atoms with van der Waals surface area (Å²) in [5, 5.41) is 7.48. The molecule has 3 nitrogen and oxygen atoms in total. The summed E-state index contributed by atoms with van der Waals surface area (Å²) in [6.07, 6.45) is -4.02. The minimum atomic E-state index is -4.65. The molecular formula is C8H2ClF3N2O. The van der Waals surface area contributed by atoms with Gasteiger partial charge in [-0.05, 0) is 17.7 Å². The molecule has 0 aliphatic rings. The highest BCUT2D eigenvalue weighted by Crippen LogP contribution is 2.28. The molecule has 1 aromatic heterocycles. The number of halogens is 4. The van der Waals surface area contributed by atoms with E-state index in [1.807, 2.05) is 0 Å². The van der Waals surface area contributed by atoms with Crippen LogP contribution in [-0.4, -0.2) is 10.2 Å². The van der Waals surface area contributed by atoms with Crippen LogP contribution in [0.4, 0.5) is 13.2 Å². The number of carbonyl (C=O) groups is 1. The first-order chi connectivity index (χ1) is 6.86. The van der Waals surface area contributed by atoms with E-state index >= 15 is 0 Å². The van der Waals surface area contributed by atoms with Crippen LogP contribution < -0.4 is 0 Å². The number of rotatable bonds is 1. The number of nitriles is 1. The van der Waals surface area contributed by atoms with Crippen molar-refractivity contribution < 1.29 is 18.0 Å². The molecule has 0 atom stereocenters. The lowest BCUT2D eigenvalue weighted by molar-refractivity contribution is -0.141. The van der Waals surface area contributed by atoms with Crippen molar-refractivity contribution in [3.8, 4) is 6.07 Å². The zero-order chi connectivity index (χ0) is 11.6. The zero-order valence-electron chi connectivity index (χ0n) is 6.97. The van der Waals surface area contributed by atoms with Crippen molar-refractivity contribution in [1.29, 1.82) is 5.26 Å². The van der Waals surface area contributed by atoms with Gasteiger partial charge in [-0.2, -0.15) is 18.4 Å². The van der Waals surface area contributed by atoms with Crippen molar-refractivity contribution >= 4 is 16.8 Å². The molecule has 0 unspecified atom stereocenters. The van der Waals surface area contributed by atoms with Gasteiger partial charge >= 0.3 is 6.18 Å². The Bertz CT molecular complexity index is 450. The maximum absolute atomic E-state index is 12.1. The number of pyridine rings is 1. The summed E-state index contributed by atoms with van der Waals surface area (Å²) in [6, 6.07) is 1.93. The van der Waals surface area contributed by atoms with Crippen LogP contribution in [0.15, 0.2) is 12.3 Å². The van der Waals surface area contributed by atoms with Crippen LogP contribution in [0.5, 0.6) is 0 Å². The van der Waals surface area contributed by atoms with Crippen molar-refractivity contribution in [1.82, 2.24) is 4.98 Å². The molecular weight excluding hydrogens is 233 g/mol. The van der Waals surface area contributed by atoms with E-state index in [0.717, 1.165) is 0 Å². The number of nitrogens with zero attached hydrogens (tertiary/aromatic N) is 2. The van der Waals surface area contributed by atoms with Gasteiger partial charge in [0.2, 0.25) is 0 Å². The number of carbonyl (C=O) groups excluding carboxylic acids is 1. The molecule has 0 amide bonds. The molecule has 0 fully saturated rings. The fourth-order valence-electron chi connectivity index (χ4n) is 0.860. The second-order valence-corrected chi connectivity index (χ2v) is 2.84. The molecule has 0 bridgehead atoms. The molecule has 0 saturated heterocycles. The van der Waals surface area contributed by atoms with Gasteiger partial charge in [-0.1, -0.05) is 0 Å². The van der Waals surface area contributed by atoms with Crippen LogP contribution in [-0.2, 0) is 6.18 Å². The van der Waals surface area contributed by atoms with Gasteiger partial charge in [-0.15, -0.1) is 0 Å². The molecule has 1 heterocycles. The summed E-state index contributed by atoms with van der Waals surface area (Å²) in [5.41, 5.74) is -2.02. The highest BCUT2D eigenvalue weighted by Gasteiger charge is 2.33. The molecule has 0 aliphatic heterocycles. The predicted molar refractivity (Wildman–Crippen MR) is 44.1 cm³/mol. The van der Waals surface area contributed by atoms with Gasteiger partial charge in [0, 0.05) is 6.20 Å². The normalized spacial score (nSPS) is 10.9. The topological polar surface area (TPSA) is 53.8 Å². The number of aromatic nitrogens is 1. The fraction of sp³-hybridized carbons (Fsp3) is 0.125. The van der Waals surface area contributed by atoms with Crippen LogP contribution in [0.25, 0.3) is 0 Å². The van der Waals surface area contributed by atoms with Gasteiger partial charge < -0.3 is 0 Å². The maximum Gasteiger partial charge on any atom is 0.433 e. The molecule has 0 saturated carbocycles. The molecule has 78 valence electrons. The molecule has 0 aromatic carbocycles. The molecule has 0 spiro atoms. The highest BCUT2D eigenvalue weighted by molar-refractivity contribution is 6.68. The summed E-state index contributed by atoms with van der Waals surface area (Å²) in [5.74, 6) is 0. The van der Waals surface area contributed by atoms with E-state index in [9.17, 15) is 18.0 Å². The Hall–Kier alpha value is -1.61. The van der Waals surface area contributed by atoms with E-state index in [4.69, 9.17) is 16.9 Å². The van der Waals surface area contributed by atoms with E-state index in [2.05, 4.69) is 4.98 Å². The third-order valence-corrected chi connectivity index (χ3v) is 1.73.